The summed E-state index contributed by atoms with van der Waals surface area (Å²) >= 11 is 2.24. The van der Waals surface area contributed by atoms with Crippen molar-refractivity contribution in [3.05, 3.63) is 65.7 Å². The third-order valence-electron chi connectivity index (χ3n) is 5.02. The molecular formula is C20H22INO4S. The molecule has 2 aromatic rings. The number of esters is 1. The average Bonchev–Trinajstić information content (AvgIpc) is 2.94. The van der Waals surface area contributed by atoms with Crippen molar-refractivity contribution in [1.82, 2.24) is 4.31 Å². The number of benzene rings is 2. The fourth-order valence-electron chi connectivity index (χ4n) is 3.66. The van der Waals surface area contributed by atoms with Gasteiger partial charge in [0.25, 0.3) is 0 Å². The molecule has 3 atom stereocenters. The van der Waals surface area contributed by atoms with Crippen LogP contribution in [0.25, 0.3) is 0 Å². The molecule has 2 aromatic carbocycles. The van der Waals surface area contributed by atoms with Gasteiger partial charge >= 0.3 is 5.97 Å². The van der Waals surface area contributed by atoms with Gasteiger partial charge < -0.3 is 4.74 Å². The molecule has 27 heavy (non-hydrogen) atoms. The van der Waals surface area contributed by atoms with Gasteiger partial charge in [-0.3, -0.25) is 4.79 Å². The molecule has 7 heteroatoms. The zero-order valence-electron chi connectivity index (χ0n) is 15.4. The molecule has 0 unspecified atom stereocenters. The maximum atomic E-state index is 13.6. The topological polar surface area (TPSA) is 63.7 Å². The van der Waals surface area contributed by atoms with Crippen molar-refractivity contribution < 1.29 is 17.9 Å². The standard InChI is InChI=1S/C20H22INO4S/c1-14-9-11-16(12-10-14)27(24,25)22-18(15-7-5-4-6-8-15)17(21)13-20(22,2)19(23)26-3/h4-12,17-18H,13H2,1-3H3/t17-,18+,20-/m1/s1. The van der Waals surface area contributed by atoms with E-state index in [9.17, 15) is 13.2 Å². The van der Waals surface area contributed by atoms with Gasteiger partial charge in [-0.1, -0.05) is 70.6 Å². The van der Waals surface area contributed by atoms with Gasteiger partial charge in [0.1, 0.15) is 5.54 Å². The predicted octanol–water partition coefficient (Wildman–Crippen LogP) is 3.87. The monoisotopic (exact) mass is 499 g/mol. The van der Waals surface area contributed by atoms with E-state index in [1.165, 1.54) is 11.4 Å². The Balaban J connectivity index is 2.20. The fraction of sp³-hybridized carbons (Fsp3) is 0.350. The number of halogens is 1. The summed E-state index contributed by atoms with van der Waals surface area (Å²) in [6.07, 6.45) is 0.380. The molecule has 0 amide bonds. The predicted molar refractivity (Wildman–Crippen MR) is 112 cm³/mol. The average molecular weight is 499 g/mol. The summed E-state index contributed by atoms with van der Waals surface area (Å²) in [5.74, 6) is -0.543. The van der Waals surface area contributed by atoms with Crippen LogP contribution < -0.4 is 0 Å². The Hall–Kier alpha value is -1.45. The number of hydrogen-bond donors (Lipinski definition) is 0. The lowest BCUT2D eigenvalue weighted by Crippen LogP contribution is -2.52. The minimum atomic E-state index is -3.92. The van der Waals surface area contributed by atoms with Crippen LogP contribution in [-0.4, -0.2) is 35.3 Å². The number of sulfonamides is 1. The Morgan fingerprint density at radius 1 is 1.15 bits per heavy atom. The summed E-state index contributed by atoms with van der Waals surface area (Å²) in [5, 5.41) is 0. The first-order chi connectivity index (χ1) is 12.7. The van der Waals surface area contributed by atoms with Crippen molar-refractivity contribution in [3.8, 4) is 0 Å². The van der Waals surface area contributed by atoms with Gasteiger partial charge in [-0.15, -0.1) is 0 Å². The van der Waals surface area contributed by atoms with Gasteiger partial charge in [-0.05, 0) is 38.0 Å². The van der Waals surface area contributed by atoms with Crippen LogP contribution in [0.15, 0.2) is 59.5 Å². The van der Waals surface area contributed by atoms with Crippen LogP contribution in [0.2, 0.25) is 0 Å². The van der Waals surface area contributed by atoms with E-state index in [1.54, 1.807) is 31.2 Å². The van der Waals surface area contributed by atoms with Crippen LogP contribution in [-0.2, 0) is 19.6 Å². The number of carbonyl (C=O) groups excluding carboxylic acids is 1. The second-order valence-electron chi connectivity index (χ2n) is 6.95. The molecule has 3 rings (SSSR count). The quantitative estimate of drug-likeness (QED) is 0.364. The zero-order chi connectivity index (χ0) is 19.8. The molecule has 0 saturated carbocycles. The molecule has 1 aliphatic rings. The van der Waals surface area contributed by atoms with Crippen LogP contribution in [0.4, 0.5) is 0 Å². The number of alkyl halides is 1. The van der Waals surface area contributed by atoms with E-state index in [4.69, 9.17) is 4.74 Å². The smallest absolute Gasteiger partial charge is 0.327 e. The molecule has 5 nitrogen and oxygen atoms in total. The summed E-state index contributed by atoms with van der Waals surface area (Å²) in [5.41, 5.74) is 0.558. The zero-order valence-corrected chi connectivity index (χ0v) is 18.4. The molecule has 0 radical (unpaired) electrons. The molecule has 0 aliphatic carbocycles. The Bertz CT molecular complexity index is 930. The number of carbonyl (C=O) groups is 1. The van der Waals surface area contributed by atoms with Gasteiger partial charge in [-0.25, -0.2) is 8.42 Å². The van der Waals surface area contributed by atoms with Crippen LogP contribution in [0.3, 0.4) is 0 Å². The molecule has 0 aromatic heterocycles. The van der Waals surface area contributed by atoms with E-state index in [1.807, 2.05) is 37.3 Å². The summed E-state index contributed by atoms with van der Waals surface area (Å²) in [4.78, 5) is 12.8. The summed E-state index contributed by atoms with van der Waals surface area (Å²) in [6.45, 7) is 3.55. The minimum Gasteiger partial charge on any atom is -0.468 e. The van der Waals surface area contributed by atoms with E-state index in [2.05, 4.69) is 22.6 Å². The van der Waals surface area contributed by atoms with Crippen LogP contribution in [0.1, 0.15) is 30.5 Å². The van der Waals surface area contributed by atoms with Crippen LogP contribution in [0, 0.1) is 6.92 Å². The lowest BCUT2D eigenvalue weighted by Gasteiger charge is -2.35. The van der Waals surface area contributed by atoms with Crippen LogP contribution in [0.5, 0.6) is 0 Å². The summed E-state index contributed by atoms with van der Waals surface area (Å²) in [6, 6.07) is 15.7. The lowest BCUT2D eigenvalue weighted by molar-refractivity contribution is -0.150. The summed E-state index contributed by atoms with van der Waals surface area (Å²) in [7, 11) is -2.63. The Kier molecular flexibility index (Phi) is 5.65. The first-order valence-electron chi connectivity index (χ1n) is 8.60. The normalized spacial score (nSPS) is 26.1. The number of ether oxygens (including phenoxy) is 1. The van der Waals surface area contributed by atoms with Gasteiger partial charge in [0.15, 0.2) is 0 Å². The molecule has 1 fully saturated rings. The SMILES string of the molecule is COC(=O)[C@@]1(C)C[C@@H](I)[C@H](c2ccccc2)N1S(=O)(=O)c1ccc(C)cc1. The largest absolute Gasteiger partial charge is 0.468 e. The third-order valence-corrected chi connectivity index (χ3v) is 8.16. The van der Waals surface area contributed by atoms with E-state index in [0.29, 0.717) is 6.42 Å². The lowest BCUT2D eigenvalue weighted by atomic mass is 10.0. The molecular weight excluding hydrogens is 477 g/mol. The van der Waals surface area contributed by atoms with E-state index in [0.717, 1.165) is 11.1 Å². The van der Waals surface area contributed by atoms with E-state index in [-0.39, 0.29) is 8.82 Å². The first kappa shape index (κ1) is 20.3. The van der Waals surface area contributed by atoms with Crippen molar-refractivity contribution in [2.24, 2.45) is 0 Å². The van der Waals surface area contributed by atoms with E-state index < -0.39 is 27.6 Å². The first-order valence-corrected chi connectivity index (χ1v) is 11.3. The van der Waals surface area contributed by atoms with Gasteiger partial charge in [0, 0.05) is 3.92 Å². The summed E-state index contributed by atoms with van der Waals surface area (Å²) < 4.78 is 33.5. The molecule has 1 heterocycles. The number of hydrogen-bond acceptors (Lipinski definition) is 4. The third kappa shape index (κ3) is 3.52. The Morgan fingerprint density at radius 2 is 1.74 bits per heavy atom. The molecule has 0 bridgehead atoms. The second kappa shape index (κ2) is 7.52. The maximum Gasteiger partial charge on any atom is 0.327 e. The van der Waals surface area contributed by atoms with Gasteiger partial charge in [0.2, 0.25) is 10.0 Å². The molecule has 0 spiro atoms. The van der Waals surface area contributed by atoms with Crippen molar-refractivity contribution in [2.45, 2.75) is 40.7 Å². The highest BCUT2D eigenvalue weighted by Gasteiger charge is 2.59. The van der Waals surface area contributed by atoms with E-state index >= 15 is 0 Å². The van der Waals surface area contributed by atoms with Crippen molar-refractivity contribution in [1.29, 1.82) is 0 Å². The number of aryl methyl sites for hydroxylation is 1. The number of nitrogens with zero attached hydrogens (tertiary/aromatic N) is 1. The highest BCUT2D eigenvalue weighted by molar-refractivity contribution is 14.1. The Labute approximate surface area is 173 Å². The van der Waals surface area contributed by atoms with Crippen molar-refractivity contribution in [3.63, 3.8) is 0 Å². The fourth-order valence-corrected chi connectivity index (χ4v) is 7.43. The maximum absolute atomic E-state index is 13.6. The molecule has 1 aliphatic heterocycles. The minimum absolute atomic E-state index is 0.0747. The van der Waals surface area contributed by atoms with Crippen molar-refractivity contribution >= 4 is 38.6 Å². The molecule has 0 N–H and O–H groups in total. The number of rotatable bonds is 4. The molecule has 144 valence electrons. The van der Waals surface area contributed by atoms with Gasteiger partial charge in [-0.2, -0.15) is 4.31 Å². The number of methoxy groups -OCH3 is 1. The van der Waals surface area contributed by atoms with Crippen molar-refractivity contribution in [2.75, 3.05) is 7.11 Å². The highest BCUT2D eigenvalue weighted by Crippen LogP contribution is 2.50. The van der Waals surface area contributed by atoms with Crippen LogP contribution >= 0.6 is 22.6 Å². The molecule has 1 saturated heterocycles. The Morgan fingerprint density at radius 3 is 2.30 bits per heavy atom. The second-order valence-corrected chi connectivity index (χ2v) is 10.4. The highest BCUT2D eigenvalue weighted by atomic mass is 127. The van der Waals surface area contributed by atoms with Gasteiger partial charge in [0.05, 0.1) is 18.0 Å².